The van der Waals surface area contributed by atoms with Gasteiger partial charge < -0.3 is 5.73 Å². The first kappa shape index (κ1) is 14.1. The van der Waals surface area contributed by atoms with E-state index in [0.717, 1.165) is 12.8 Å². The van der Waals surface area contributed by atoms with Crippen molar-refractivity contribution in [3.05, 3.63) is 68.4 Å². The van der Waals surface area contributed by atoms with Gasteiger partial charge in [0.2, 0.25) is 0 Å². The summed E-state index contributed by atoms with van der Waals surface area (Å²) in [6.07, 6.45) is 1.79. The highest BCUT2D eigenvalue weighted by Gasteiger charge is 2.29. The van der Waals surface area contributed by atoms with Crippen molar-refractivity contribution in [1.29, 1.82) is 0 Å². The molecule has 1 atom stereocenters. The molecule has 0 amide bonds. The lowest BCUT2D eigenvalue weighted by Crippen LogP contribution is -2.23. The van der Waals surface area contributed by atoms with E-state index in [9.17, 15) is 4.39 Å². The van der Waals surface area contributed by atoms with Gasteiger partial charge in [-0.25, -0.2) is 4.39 Å². The van der Waals surface area contributed by atoms with Crippen LogP contribution in [0.5, 0.6) is 0 Å². The van der Waals surface area contributed by atoms with Crippen LogP contribution in [0.15, 0.2) is 40.9 Å². The standard InChI is InChI=1S/C16H14BrClFN/c17-13-8-15(19)12(7-14(13)18)16(20)11-5-9-3-1-2-4-10(9)6-11/h1-4,7-8,11,16H,5-6,20H2. The number of rotatable bonds is 2. The van der Waals surface area contributed by atoms with E-state index in [1.54, 1.807) is 6.07 Å². The molecule has 0 spiro atoms. The summed E-state index contributed by atoms with van der Waals surface area (Å²) < 4.78 is 14.7. The predicted octanol–water partition coefficient (Wildman–Crippen LogP) is 4.66. The van der Waals surface area contributed by atoms with Gasteiger partial charge in [0.1, 0.15) is 5.82 Å². The Morgan fingerprint density at radius 3 is 2.40 bits per heavy atom. The van der Waals surface area contributed by atoms with Gasteiger partial charge in [0.15, 0.2) is 0 Å². The van der Waals surface area contributed by atoms with Gasteiger partial charge in [-0.05, 0) is 57.9 Å². The highest BCUT2D eigenvalue weighted by atomic mass is 79.9. The molecule has 2 aromatic carbocycles. The predicted molar refractivity (Wildman–Crippen MR) is 83.4 cm³/mol. The van der Waals surface area contributed by atoms with Crippen LogP contribution in [-0.4, -0.2) is 0 Å². The minimum atomic E-state index is -0.340. The number of nitrogens with two attached hydrogens (primary N) is 1. The smallest absolute Gasteiger partial charge is 0.129 e. The first-order valence-corrected chi connectivity index (χ1v) is 7.70. The van der Waals surface area contributed by atoms with E-state index in [0.29, 0.717) is 15.1 Å². The van der Waals surface area contributed by atoms with Crippen LogP contribution < -0.4 is 5.73 Å². The molecular weight excluding hydrogens is 341 g/mol. The third kappa shape index (κ3) is 2.50. The molecule has 0 fully saturated rings. The average Bonchev–Trinajstić information content (AvgIpc) is 2.86. The summed E-state index contributed by atoms with van der Waals surface area (Å²) in [6.45, 7) is 0. The van der Waals surface area contributed by atoms with Gasteiger partial charge >= 0.3 is 0 Å². The number of hydrogen-bond donors (Lipinski definition) is 1. The van der Waals surface area contributed by atoms with E-state index in [-0.39, 0.29) is 17.8 Å². The van der Waals surface area contributed by atoms with Crippen molar-refractivity contribution >= 4 is 27.5 Å². The molecule has 1 aliphatic carbocycles. The molecule has 0 heterocycles. The van der Waals surface area contributed by atoms with Crippen LogP contribution in [0.2, 0.25) is 5.02 Å². The summed E-state index contributed by atoms with van der Waals surface area (Å²) in [4.78, 5) is 0. The monoisotopic (exact) mass is 353 g/mol. The summed E-state index contributed by atoms with van der Waals surface area (Å²) in [7, 11) is 0. The molecule has 1 aliphatic rings. The van der Waals surface area contributed by atoms with Crippen molar-refractivity contribution < 1.29 is 4.39 Å². The Labute approximate surface area is 131 Å². The summed E-state index contributed by atoms with van der Waals surface area (Å²) in [6, 6.07) is 11.0. The van der Waals surface area contributed by atoms with E-state index >= 15 is 0 Å². The molecular formula is C16H14BrClFN. The molecule has 0 aromatic heterocycles. The Morgan fingerprint density at radius 1 is 1.20 bits per heavy atom. The lowest BCUT2D eigenvalue weighted by atomic mass is 9.91. The summed E-state index contributed by atoms with van der Waals surface area (Å²) in [5, 5.41) is 0.493. The zero-order chi connectivity index (χ0) is 14.3. The first-order valence-electron chi connectivity index (χ1n) is 6.53. The Balaban J connectivity index is 1.88. The van der Waals surface area contributed by atoms with Crippen molar-refractivity contribution in [3.63, 3.8) is 0 Å². The average molecular weight is 355 g/mol. The van der Waals surface area contributed by atoms with Crippen LogP contribution in [0.4, 0.5) is 4.39 Å². The van der Waals surface area contributed by atoms with Gasteiger partial charge in [0.05, 0.1) is 5.02 Å². The molecule has 2 N–H and O–H groups in total. The van der Waals surface area contributed by atoms with Gasteiger partial charge in [0.25, 0.3) is 0 Å². The fraction of sp³-hybridized carbons (Fsp3) is 0.250. The van der Waals surface area contributed by atoms with Gasteiger partial charge in [-0.2, -0.15) is 0 Å². The van der Waals surface area contributed by atoms with Crippen LogP contribution in [0.1, 0.15) is 22.7 Å². The van der Waals surface area contributed by atoms with Gasteiger partial charge in [-0.3, -0.25) is 0 Å². The summed E-state index contributed by atoms with van der Waals surface area (Å²) >= 11 is 9.28. The zero-order valence-corrected chi connectivity index (χ0v) is 13.1. The molecule has 20 heavy (non-hydrogen) atoms. The normalized spacial score (nSPS) is 16.2. The summed E-state index contributed by atoms with van der Waals surface area (Å²) in [5.74, 6) is -0.0797. The molecule has 1 nitrogen and oxygen atoms in total. The Morgan fingerprint density at radius 2 is 1.80 bits per heavy atom. The van der Waals surface area contributed by atoms with Crippen molar-refractivity contribution in [3.8, 4) is 0 Å². The fourth-order valence-corrected chi connectivity index (χ4v) is 3.38. The minimum Gasteiger partial charge on any atom is -0.324 e. The maximum Gasteiger partial charge on any atom is 0.129 e. The second-order valence-electron chi connectivity index (χ2n) is 5.25. The number of halogens is 3. The molecule has 0 bridgehead atoms. The molecule has 1 unspecified atom stereocenters. The second-order valence-corrected chi connectivity index (χ2v) is 6.51. The van der Waals surface area contributed by atoms with E-state index < -0.39 is 0 Å². The largest absolute Gasteiger partial charge is 0.324 e. The van der Waals surface area contributed by atoms with Crippen molar-refractivity contribution in [2.45, 2.75) is 18.9 Å². The first-order chi connectivity index (χ1) is 9.56. The number of hydrogen-bond acceptors (Lipinski definition) is 1. The quantitative estimate of drug-likeness (QED) is 0.780. The van der Waals surface area contributed by atoms with Crippen LogP contribution in [-0.2, 0) is 12.8 Å². The van der Waals surface area contributed by atoms with E-state index in [2.05, 4.69) is 28.1 Å². The molecule has 3 rings (SSSR count). The van der Waals surface area contributed by atoms with Crippen molar-refractivity contribution in [2.75, 3.05) is 0 Å². The molecule has 0 saturated heterocycles. The fourth-order valence-electron chi connectivity index (χ4n) is 2.89. The zero-order valence-electron chi connectivity index (χ0n) is 10.7. The Hall–Kier alpha value is -0.900. The molecule has 4 heteroatoms. The Bertz CT molecular complexity index is 634. The second kappa shape index (κ2) is 5.47. The Kier molecular flexibility index (Phi) is 3.85. The van der Waals surface area contributed by atoms with Gasteiger partial charge in [-0.1, -0.05) is 35.9 Å². The SMILES string of the molecule is NC(c1cc(Cl)c(Br)cc1F)C1Cc2ccccc2C1. The van der Waals surface area contributed by atoms with E-state index in [1.165, 1.54) is 17.2 Å². The van der Waals surface area contributed by atoms with Crippen LogP contribution in [0.25, 0.3) is 0 Å². The maximum absolute atomic E-state index is 14.1. The van der Waals surface area contributed by atoms with Crippen LogP contribution in [0.3, 0.4) is 0 Å². The number of benzene rings is 2. The van der Waals surface area contributed by atoms with Crippen LogP contribution >= 0.6 is 27.5 Å². The van der Waals surface area contributed by atoms with Crippen molar-refractivity contribution in [2.24, 2.45) is 11.7 Å². The molecule has 0 aliphatic heterocycles. The third-order valence-corrected chi connectivity index (χ3v) is 5.19. The highest BCUT2D eigenvalue weighted by molar-refractivity contribution is 9.10. The maximum atomic E-state index is 14.1. The van der Waals surface area contributed by atoms with Crippen molar-refractivity contribution in [1.82, 2.24) is 0 Å². The van der Waals surface area contributed by atoms with Gasteiger partial charge in [-0.15, -0.1) is 0 Å². The topological polar surface area (TPSA) is 26.0 Å². The molecule has 2 aromatic rings. The van der Waals surface area contributed by atoms with E-state index in [1.807, 2.05) is 12.1 Å². The third-order valence-electron chi connectivity index (χ3n) is 3.99. The molecule has 0 saturated carbocycles. The van der Waals surface area contributed by atoms with E-state index in [4.69, 9.17) is 17.3 Å². The van der Waals surface area contributed by atoms with Gasteiger partial charge in [0, 0.05) is 16.1 Å². The minimum absolute atomic E-state index is 0.221. The summed E-state index contributed by atoms with van der Waals surface area (Å²) in [5.41, 5.74) is 9.41. The highest BCUT2D eigenvalue weighted by Crippen LogP contribution is 2.36. The lowest BCUT2D eigenvalue weighted by Gasteiger charge is -2.20. The lowest BCUT2D eigenvalue weighted by molar-refractivity contribution is 0.436. The molecule has 0 radical (unpaired) electrons. The number of fused-ring (bicyclic) bond motifs is 1. The molecule has 104 valence electrons. The van der Waals surface area contributed by atoms with Crippen LogP contribution in [0, 0.1) is 11.7 Å².